The minimum Gasteiger partial charge on any atom is -0.506 e. The van der Waals surface area contributed by atoms with Gasteiger partial charge < -0.3 is 15.3 Å². The fourth-order valence-electron chi connectivity index (χ4n) is 5.31. The summed E-state index contributed by atoms with van der Waals surface area (Å²) in [6.45, 7) is 6.19. The van der Waals surface area contributed by atoms with Crippen molar-refractivity contribution in [2.75, 3.05) is 43.4 Å². The third kappa shape index (κ3) is 10.4. The van der Waals surface area contributed by atoms with Gasteiger partial charge in [-0.25, -0.2) is 16.8 Å². The molecule has 0 aliphatic heterocycles. The molecular formula is C29H45N3O5S2. The van der Waals surface area contributed by atoms with Crippen LogP contribution in [0, 0.1) is 0 Å². The molecule has 1 atom stereocenters. The Morgan fingerprint density at radius 1 is 0.923 bits per heavy atom. The van der Waals surface area contributed by atoms with Crippen LogP contribution in [-0.2, 0) is 39.1 Å². The molecule has 2 aromatic carbocycles. The summed E-state index contributed by atoms with van der Waals surface area (Å²) in [6.07, 6.45) is 11.8. The minimum absolute atomic E-state index is 0.0132. The molecule has 0 radical (unpaired) electrons. The number of sulfone groups is 1. The number of sulfonamides is 1. The van der Waals surface area contributed by atoms with Crippen molar-refractivity contribution in [2.45, 2.75) is 75.6 Å². The summed E-state index contributed by atoms with van der Waals surface area (Å²) in [4.78, 5) is 2.95. The molecule has 1 aliphatic carbocycles. The van der Waals surface area contributed by atoms with Crippen LogP contribution in [-0.4, -0.2) is 71.6 Å². The van der Waals surface area contributed by atoms with Crippen molar-refractivity contribution in [3.63, 3.8) is 0 Å². The number of aryl methyl sites for hydroxylation is 1. The van der Waals surface area contributed by atoms with E-state index in [1.54, 1.807) is 24.3 Å². The van der Waals surface area contributed by atoms with E-state index < -0.39 is 19.9 Å². The Morgan fingerprint density at radius 2 is 1.64 bits per heavy atom. The van der Waals surface area contributed by atoms with Gasteiger partial charge in [-0.2, -0.15) is 0 Å². The van der Waals surface area contributed by atoms with Gasteiger partial charge in [-0.05, 0) is 112 Å². The Kier molecular flexibility index (Phi) is 11.7. The fraction of sp³-hybridized carbons (Fsp3) is 0.586. The normalized spacial score (nSPS) is 15.8. The first-order chi connectivity index (χ1) is 18.5. The Balaban J connectivity index is 1.36. The van der Waals surface area contributed by atoms with E-state index in [2.05, 4.69) is 21.9 Å². The molecule has 0 aromatic heterocycles. The highest BCUT2D eigenvalue weighted by Gasteiger charge is 2.25. The van der Waals surface area contributed by atoms with Gasteiger partial charge in [0.25, 0.3) is 0 Å². The number of benzene rings is 2. The zero-order chi connectivity index (χ0) is 28.5. The molecule has 2 aromatic rings. The van der Waals surface area contributed by atoms with E-state index in [0.717, 1.165) is 94.1 Å². The number of nitrogens with zero attached hydrogens (tertiary/aromatic N) is 1. The van der Waals surface area contributed by atoms with Crippen molar-refractivity contribution in [3.8, 4) is 5.75 Å². The van der Waals surface area contributed by atoms with Gasteiger partial charge in [-0.1, -0.05) is 31.9 Å². The molecule has 1 unspecified atom stereocenters. The second-order valence-corrected chi connectivity index (χ2v) is 14.5. The smallest absolute Gasteiger partial charge is 0.229 e. The second-order valence-electron chi connectivity index (χ2n) is 10.8. The Morgan fingerprint density at radius 3 is 2.31 bits per heavy atom. The molecule has 3 rings (SSSR count). The number of fused-ring (bicyclic) bond motifs is 1. The van der Waals surface area contributed by atoms with Gasteiger partial charge in [0.05, 0.1) is 16.8 Å². The van der Waals surface area contributed by atoms with Crippen molar-refractivity contribution in [3.05, 3.63) is 53.1 Å². The summed E-state index contributed by atoms with van der Waals surface area (Å²) in [5.74, 6) is -0.0132. The standard InChI is InChI=1S/C29H45N3O5S2/c1-4-18-32(26-12-11-24-22-29(33)28(21-25(24)20-26)31-39(3,36)37)19-8-6-5-7-16-30-17-15-23-9-13-27(14-10-23)38(2,34)35/h9-10,13-14,21-22,26,30-31,33H,4-8,11-12,15-20H2,1-3H3. The largest absolute Gasteiger partial charge is 0.506 e. The summed E-state index contributed by atoms with van der Waals surface area (Å²) in [7, 11) is -6.60. The minimum atomic E-state index is -3.45. The molecule has 10 heteroatoms. The Bertz CT molecular complexity index is 1280. The predicted molar refractivity (Wildman–Crippen MR) is 159 cm³/mol. The number of rotatable bonds is 16. The number of phenols is 1. The zero-order valence-corrected chi connectivity index (χ0v) is 25.2. The average Bonchev–Trinajstić information content (AvgIpc) is 2.86. The maximum Gasteiger partial charge on any atom is 0.229 e. The van der Waals surface area contributed by atoms with Crippen molar-refractivity contribution in [1.82, 2.24) is 10.2 Å². The highest BCUT2D eigenvalue weighted by Crippen LogP contribution is 2.33. The van der Waals surface area contributed by atoms with E-state index in [-0.39, 0.29) is 11.4 Å². The van der Waals surface area contributed by atoms with E-state index in [1.807, 2.05) is 12.1 Å². The Hall–Kier alpha value is -2.14. The van der Waals surface area contributed by atoms with Gasteiger partial charge in [0.1, 0.15) is 5.75 Å². The van der Waals surface area contributed by atoms with Crippen LogP contribution in [0.2, 0.25) is 0 Å². The number of hydrogen-bond acceptors (Lipinski definition) is 7. The number of anilines is 1. The first-order valence-electron chi connectivity index (χ1n) is 14.0. The topological polar surface area (TPSA) is 116 Å². The molecule has 0 saturated heterocycles. The lowest BCUT2D eigenvalue weighted by Gasteiger charge is -2.35. The van der Waals surface area contributed by atoms with E-state index in [1.165, 1.54) is 19.1 Å². The highest BCUT2D eigenvalue weighted by atomic mass is 32.2. The molecule has 0 bridgehead atoms. The van der Waals surface area contributed by atoms with E-state index in [0.29, 0.717) is 10.9 Å². The third-order valence-electron chi connectivity index (χ3n) is 7.33. The number of aromatic hydroxyl groups is 1. The zero-order valence-electron chi connectivity index (χ0n) is 23.6. The monoisotopic (exact) mass is 579 g/mol. The molecule has 0 spiro atoms. The molecular weight excluding hydrogens is 534 g/mol. The summed E-state index contributed by atoms with van der Waals surface area (Å²) >= 11 is 0. The summed E-state index contributed by atoms with van der Waals surface area (Å²) in [5.41, 5.74) is 3.62. The van der Waals surface area contributed by atoms with Crippen molar-refractivity contribution in [1.29, 1.82) is 0 Å². The maximum atomic E-state index is 11.7. The quantitative estimate of drug-likeness (QED) is 0.202. The lowest BCUT2D eigenvalue weighted by atomic mass is 9.86. The van der Waals surface area contributed by atoms with E-state index >= 15 is 0 Å². The van der Waals surface area contributed by atoms with Crippen molar-refractivity contribution < 1.29 is 21.9 Å². The Labute approximate surface area is 235 Å². The van der Waals surface area contributed by atoms with Crippen LogP contribution >= 0.6 is 0 Å². The van der Waals surface area contributed by atoms with Crippen molar-refractivity contribution in [2.24, 2.45) is 0 Å². The molecule has 0 fully saturated rings. The highest BCUT2D eigenvalue weighted by molar-refractivity contribution is 7.92. The van der Waals surface area contributed by atoms with Crippen LogP contribution in [0.3, 0.4) is 0 Å². The van der Waals surface area contributed by atoms with Crippen LogP contribution in [0.15, 0.2) is 41.3 Å². The van der Waals surface area contributed by atoms with Gasteiger partial charge in [0.2, 0.25) is 10.0 Å². The van der Waals surface area contributed by atoms with Crippen LogP contribution in [0.1, 0.15) is 62.1 Å². The molecule has 0 heterocycles. The van der Waals surface area contributed by atoms with Crippen LogP contribution in [0.25, 0.3) is 0 Å². The van der Waals surface area contributed by atoms with Gasteiger partial charge in [-0.3, -0.25) is 4.72 Å². The molecule has 0 amide bonds. The molecule has 8 nitrogen and oxygen atoms in total. The van der Waals surface area contributed by atoms with Crippen LogP contribution in [0.4, 0.5) is 5.69 Å². The first-order valence-corrected chi connectivity index (χ1v) is 17.8. The number of phenolic OH excluding ortho intramolecular Hbond substituents is 1. The maximum absolute atomic E-state index is 11.7. The first kappa shape index (κ1) is 31.4. The second kappa shape index (κ2) is 14.5. The van der Waals surface area contributed by atoms with Gasteiger partial charge in [0.15, 0.2) is 9.84 Å². The fourth-order valence-corrected chi connectivity index (χ4v) is 6.51. The summed E-state index contributed by atoms with van der Waals surface area (Å²) in [5, 5.41) is 13.7. The number of nitrogens with one attached hydrogen (secondary N) is 2. The summed E-state index contributed by atoms with van der Waals surface area (Å²) in [6, 6.07) is 11.1. The predicted octanol–water partition coefficient (Wildman–Crippen LogP) is 4.13. The number of unbranched alkanes of at least 4 members (excludes halogenated alkanes) is 3. The molecule has 1 aliphatic rings. The van der Waals surface area contributed by atoms with Gasteiger partial charge in [0, 0.05) is 12.3 Å². The molecule has 3 N–H and O–H groups in total. The van der Waals surface area contributed by atoms with E-state index in [4.69, 9.17) is 0 Å². The SMILES string of the molecule is CCCN(CCCCCCNCCc1ccc(S(C)(=O)=O)cc1)C1CCc2cc(O)c(NS(C)(=O)=O)cc2C1. The molecule has 0 saturated carbocycles. The molecule has 218 valence electrons. The van der Waals surface area contributed by atoms with Crippen LogP contribution in [0.5, 0.6) is 5.75 Å². The lowest BCUT2D eigenvalue weighted by molar-refractivity contribution is 0.176. The average molecular weight is 580 g/mol. The number of hydrogen-bond donors (Lipinski definition) is 3. The van der Waals surface area contributed by atoms with Crippen molar-refractivity contribution >= 4 is 25.5 Å². The summed E-state index contributed by atoms with van der Waals surface area (Å²) < 4.78 is 48.9. The van der Waals surface area contributed by atoms with Crippen LogP contribution < -0.4 is 10.0 Å². The van der Waals surface area contributed by atoms with Gasteiger partial charge >= 0.3 is 0 Å². The lowest BCUT2D eigenvalue weighted by Crippen LogP contribution is -2.40. The molecule has 39 heavy (non-hydrogen) atoms. The van der Waals surface area contributed by atoms with E-state index in [9.17, 15) is 21.9 Å². The van der Waals surface area contributed by atoms with Gasteiger partial charge in [-0.15, -0.1) is 0 Å². The third-order valence-corrected chi connectivity index (χ3v) is 9.05.